The van der Waals surface area contributed by atoms with Crippen molar-refractivity contribution in [1.29, 1.82) is 0 Å². The van der Waals surface area contributed by atoms with Crippen molar-refractivity contribution in [3.05, 3.63) is 47.7 Å². The second-order valence-electron chi connectivity index (χ2n) is 10.4. The van der Waals surface area contributed by atoms with Crippen LogP contribution in [0, 0.1) is 12.8 Å². The highest BCUT2D eigenvalue weighted by atomic mass is 16.6. The standard InChI is InChI=1S/C27H35N5O3/c1-18-23-21(15-22(20-12-8-7-9-13-20)28-24(23)31(6)29-18)25(33)32-14-10-11-19(17-32)16-30(5)26(34)35-27(2,3)4/h7-9,12-13,15,19H,10-11,14,16-17H2,1-6H3. The lowest BCUT2D eigenvalue weighted by atomic mass is 9.96. The van der Waals surface area contributed by atoms with Gasteiger partial charge < -0.3 is 14.5 Å². The summed E-state index contributed by atoms with van der Waals surface area (Å²) in [5.41, 5.74) is 3.28. The van der Waals surface area contributed by atoms with E-state index in [2.05, 4.69) is 5.10 Å². The van der Waals surface area contributed by atoms with Gasteiger partial charge in [0.2, 0.25) is 0 Å². The molecule has 0 saturated carbocycles. The van der Waals surface area contributed by atoms with E-state index < -0.39 is 5.60 Å². The van der Waals surface area contributed by atoms with Crippen LogP contribution in [0.5, 0.6) is 0 Å². The van der Waals surface area contributed by atoms with Crippen LogP contribution in [0.4, 0.5) is 4.79 Å². The van der Waals surface area contributed by atoms with Crippen LogP contribution in [0.1, 0.15) is 49.7 Å². The molecule has 2 aromatic heterocycles. The summed E-state index contributed by atoms with van der Waals surface area (Å²) in [4.78, 5) is 34.7. The number of piperidine rings is 1. The molecule has 0 N–H and O–H groups in total. The second-order valence-corrected chi connectivity index (χ2v) is 10.4. The summed E-state index contributed by atoms with van der Waals surface area (Å²) in [6.07, 6.45) is 1.52. The van der Waals surface area contributed by atoms with E-state index in [1.54, 1.807) is 16.6 Å². The van der Waals surface area contributed by atoms with Crippen LogP contribution in [0.2, 0.25) is 0 Å². The fourth-order valence-electron chi connectivity index (χ4n) is 4.74. The maximum absolute atomic E-state index is 13.9. The van der Waals surface area contributed by atoms with Crippen LogP contribution in [0.15, 0.2) is 36.4 Å². The molecule has 1 fully saturated rings. The molecule has 1 aliphatic rings. The van der Waals surface area contributed by atoms with Gasteiger partial charge in [-0.3, -0.25) is 9.48 Å². The molecule has 3 heterocycles. The predicted molar refractivity (Wildman–Crippen MR) is 136 cm³/mol. The van der Waals surface area contributed by atoms with E-state index in [-0.39, 0.29) is 17.9 Å². The molecule has 0 spiro atoms. The number of aromatic nitrogens is 3. The minimum Gasteiger partial charge on any atom is -0.444 e. The van der Waals surface area contributed by atoms with Crippen molar-refractivity contribution < 1.29 is 14.3 Å². The number of carbonyl (C=O) groups excluding carboxylic acids is 2. The molecule has 1 saturated heterocycles. The molecular weight excluding hydrogens is 442 g/mol. The first kappa shape index (κ1) is 24.7. The number of likely N-dealkylation sites (tertiary alicyclic amines) is 1. The molecule has 3 aromatic rings. The Morgan fingerprint density at radius 1 is 1.20 bits per heavy atom. The summed E-state index contributed by atoms with van der Waals surface area (Å²) < 4.78 is 7.23. The van der Waals surface area contributed by atoms with Gasteiger partial charge in [-0.05, 0) is 52.5 Å². The number of aryl methyl sites for hydroxylation is 2. The van der Waals surface area contributed by atoms with Gasteiger partial charge in [0.15, 0.2) is 5.65 Å². The van der Waals surface area contributed by atoms with E-state index in [9.17, 15) is 9.59 Å². The highest BCUT2D eigenvalue weighted by Gasteiger charge is 2.30. The van der Waals surface area contributed by atoms with E-state index in [1.165, 1.54) is 0 Å². The topological polar surface area (TPSA) is 80.6 Å². The Morgan fingerprint density at radius 2 is 1.91 bits per heavy atom. The highest BCUT2D eigenvalue weighted by molar-refractivity contribution is 6.07. The minimum atomic E-state index is -0.537. The number of carbonyl (C=O) groups is 2. The summed E-state index contributed by atoms with van der Waals surface area (Å²) >= 11 is 0. The Hall–Kier alpha value is -3.42. The summed E-state index contributed by atoms with van der Waals surface area (Å²) in [6, 6.07) is 11.8. The molecule has 1 atom stereocenters. The van der Waals surface area contributed by atoms with Crippen molar-refractivity contribution in [2.45, 2.75) is 46.1 Å². The van der Waals surface area contributed by atoms with Crippen molar-refractivity contribution in [3.63, 3.8) is 0 Å². The Balaban J connectivity index is 1.59. The average molecular weight is 478 g/mol. The van der Waals surface area contributed by atoms with Gasteiger partial charge in [-0.25, -0.2) is 9.78 Å². The van der Waals surface area contributed by atoms with Crippen molar-refractivity contribution >= 4 is 23.0 Å². The van der Waals surface area contributed by atoms with Gasteiger partial charge in [0, 0.05) is 39.3 Å². The van der Waals surface area contributed by atoms with Gasteiger partial charge in [-0.1, -0.05) is 30.3 Å². The van der Waals surface area contributed by atoms with Crippen LogP contribution < -0.4 is 0 Å². The number of rotatable bonds is 4. The number of hydrogen-bond acceptors (Lipinski definition) is 5. The lowest BCUT2D eigenvalue weighted by Gasteiger charge is -2.35. The van der Waals surface area contributed by atoms with Gasteiger partial charge in [0.1, 0.15) is 5.60 Å². The fourth-order valence-corrected chi connectivity index (χ4v) is 4.74. The number of amides is 2. The number of fused-ring (bicyclic) bond motifs is 1. The fraction of sp³-hybridized carbons (Fsp3) is 0.481. The quantitative estimate of drug-likeness (QED) is 0.546. The van der Waals surface area contributed by atoms with Gasteiger partial charge in [-0.2, -0.15) is 5.10 Å². The Kier molecular flexibility index (Phi) is 6.83. The maximum atomic E-state index is 13.9. The molecule has 35 heavy (non-hydrogen) atoms. The first-order valence-corrected chi connectivity index (χ1v) is 12.2. The Morgan fingerprint density at radius 3 is 2.60 bits per heavy atom. The van der Waals surface area contributed by atoms with Crippen molar-refractivity contribution in [1.82, 2.24) is 24.6 Å². The third-order valence-electron chi connectivity index (χ3n) is 6.31. The number of pyridine rings is 1. The van der Waals surface area contributed by atoms with Crippen molar-refractivity contribution in [3.8, 4) is 11.3 Å². The van der Waals surface area contributed by atoms with Crippen LogP contribution in [-0.2, 0) is 11.8 Å². The van der Waals surface area contributed by atoms with E-state index >= 15 is 0 Å². The van der Waals surface area contributed by atoms with Crippen LogP contribution in [0.3, 0.4) is 0 Å². The van der Waals surface area contributed by atoms with Gasteiger partial charge in [0.25, 0.3) is 5.91 Å². The predicted octanol–water partition coefficient (Wildman–Crippen LogP) is 4.66. The van der Waals surface area contributed by atoms with Gasteiger partial charge in [0.05, 0.1) is 22.3 Å². The lowest BCUT2D eigenvalue weighted by molar-refractivity contribution is 0.0244. The van der Waals surface area contributed by atoms with Crippen molar-refractivity contribution in [2.24, 2.45) is 13.0 Å². The molecule has 8 nitrogen and oxygen atoms in total. The number of benzene rings is 1. The molecule has 0 bridgehead atoms. The Labute approximate surface area is 206 Å². The van der Waals surface area contributed by atoms with Gasteiger partial charge in [-0.15, -0.1) is 0 Å². The second kappa shape index (κ2) is 9.68. The molecule has 8 heteroatoms. The number of hydrogen-bond donors (Lipinski definition) is 0. The van der Waals surface area contributed by atoms with E-state index in [4.69, 9.17) is 9.72 Å². The van der Waals surface area contributed by atoms with Crippen LogP contribution in [-0.4, -0.2) is 68.8 Å². The summed E-state index contributed by atoms with van der Waals surface area (Å²) in [5, 5.41) is 5.34. The molecular formula is C27H35N5O3. The molecule has 186 valence electrons. The first-order valence-electron chi connectivity index (χ1n) is 12.2. The average Bonchev–Trinajstić information content (AvgIpc) is 3.11. The molecule has 2 amide bonds. The first-order chi connectivity index (χ1) is 16.5. The maximum Gasteiger partial charge on any atom is 0.410 e. The third kappa shape index (κ3) is 5.47. The van der Waals surface area contributed by atoms with Crippen molar-refractivity contribution in [2.75, 3.05) is 26.7 Å². The molecule has 1 unspecified atom stereocenters. The summed E-state index contributed by atoms with van der Waals surface area (Å²) in [6.45, 7) is 9.33. The van der Waals surface area contributed by atoms with E-state index in [0.717, 1.165) is 35.2 Å². The monoisotopic (exact) mass is 477 g/mol. The highest BCUT2D eigenvalue weighted by Crippen LogP contribution is 2.29. The smallest absolute Gasteiger partial charge is 0.410 e. The number of ether oxygens (including phenoxy) is 1. The van der Waals surface area contributed by atoms with Crippen LogP contribution in [0.25, 0.3) is 22.3 Å². The van der Waals surface area contributed by atoms with E-state index in [1.807, 2.05) is 76.0 Å². The zero-order chi connectivity index (χ0) is 25.3. The zero-order valence-electron chi connectivity index (χ0n) is 21.5. The molecule has 1 aromatic carbocycles. The zero-order valence-corrected chi connectivity index (χ0v) is 21.5. The Bertz CT molecular complexity index is 1230. The third-order valence-corrected chi connectivity index (χ3v) is 6.31. The summed E-state index contributed by atoms with van der Waals surface area (Å²) in [7, 11) is 3.61. The lowest BCUT2D eigenvalue weighted by Crippen LogP contribution is -2.45. The normalized spacial score (nSPS) is 16.4. The molecule has 1 aliphatic heterocycles. The SMILES string of the molecule is Cc1nn(C)c2nc(-c3ccccc3)cc(C(=O)N3CCCC(CN(C)C(=O)OC(C)(C)C)C3)c12. The number of nitrogens with zero attached hydrogens (tertiary/aromatic N) is 5. The van der Waals surface area contributed by atoms with E-state index in [0.29, 0.717) is 30.8 Å². The molecule has 4 rings (SSSR count). The largest absolute Gasteiger partial charge is 0.444 e. The minimum absolute atomic E-state index is 0.0182. The summed E-state index contributed by atoms with van der Waals surface area (Å²) in [5.74, 6) is 0.168. The van der Waals surface area contributed by atoms with Gasteiger partial charge >= 0.3 is 6.09 Å². The molecule has 0 aliphatic carbocycles. The van der Waals surface area contributed by atoms with Crippen LogP contribution >= 0.6 is 0 Å². The molecule has 0 radical (unpaired) electrons.